The van der Waals surface area contributed by atoms with Crippen LogP contribution in [-0.4, -0.2) is 48.7 Å². The van der Waals surface area contributed by atoms with Crippen LogP contribution in [-0.2, 0) is 4.79 Å². The van der Waals surface area contributed by atoms with E-state index in [2.05, 4.69) is 24.1 Å². The van der Waals surface area contributed by atoms with Crippen LogP contribution in [0, 0.1) is 11.8 Å². The Kier molecular flexibility index (Phi) is 5.22. The van der Waals surface area contributed by atoms with Crippen molar-refractivity contribution < 1.29 is 9.90 Å². The maximum atomic E-state index is 10.9. The second kappa shape index (κ2) is 6.21. The van der Waals surface area contributed by atoms with Gasteiger partial charge < -0.3 is 15.3 Å². The standard InChI is InChI=1S/C12H24N2O2/c1-9(2)10-4-6-14(7-5-10)8-11(13-3)12(15)16/h9-11,13H,4-8H2,1-3H3,(H,15,16). The number of nitrogens with zero attached hydrogens (tertiary/aromatic N) is 1. The minimum atomic E-state index is -0.756. The van der Waals surface area contributed by atoms with E-state index >= 15 is 0 Å². The number of rotatable bonds is 5. The van der Waals surface area contributed by atoms with Gasteiger partial charge in [0.2, 0.25) is 0 Å². The number of carboxylic acids is 1. The number of aliphatic carboxylic acids is 1. The van der Waals surface area contributed by atoms with E-state index in [0.29, 0.717) is 6.54 Å². The Morgan fingerprint density at radius 1 is 1.44 bits per heavy atom. The summed E-state index contributed by atoms with van der Waals surface area (Å²) in [6.07, 6.45) is 2.40. The highest BCUT2D eigenvalue weighted by Crippen LogP contribution is 2.24. The highest BCUT2D eigenvalue weighted by molar-refractivity contribution is 5.73. The van der Waals surface area contributed by atoms with Crippen molar-refractivity contribution in [3.8, 4) is 0 Å². The molecule has 1 rings (SSSR count). The van der Waals surface area contributed by atoms with Crippen molar-refractivity contribution in [1.29, 1.82) is 0 Å². The minimum absolute atomic E-state index is 0.435. The summed E-state index contributed by atoms with van der Waals surface area (Å²) in [6, 6.07) is -0.435. The third-order valence-corrected chi connectivity index (χ3v) is 3.66. The van der Waals surface area contributed by atoms with E-state index in [0.717, 1.165) is 24.9 Å². The lowest BCUT2D eigenvalue weighted by molar-refractivity contribution is -0.139. The van der Waals surface area contributed by atoms with Gasteiger partial charge in [0.1, 0.15) is 6.04 Å². The van der Waals surface area contributed by atoms with E-state index in [1.165, 1.54) is 12.8 Å². The minimum Gasteiger partial charge on any atom is -0.480 e. The molecule has 1 atom stereocenters. The van der Waals surface area contributed by atoms with Gasteiger partial charge in [-0.05, 0) is 44.8 Å². The lowest BCUT2D eigenvalue weighted by Crippen LogP contribution is -2.47. The molecule has 4 heteroatoms. The lowest BCUT2D eigenvalue weighted by atomic mass is 9.86. The second-order valence-corrected chi connectivity index (χ2v) is 5.06. The third-order valence-electron chi connectivity index (χ3n) is 3.66. The van der Waals surface area contributed by atoms with E-state index in [-0.39, 0.29) is 0 Å². The van der Waals surface area contributed by atoms with Crippen LogP contribution in [0.15, 0.2) is 0 Å². The van der Waals surface area contributed by atoms with Crippen molar-refractivity contribution in [2.75, 3.05) is 26.7 Å². The number of piperidine rings is 1. The van der Waals surface area contributed by atoms with Gasteiger partial charge in [-0.15, -0.1) is 0 Å². The molecule has 1 saturated heterocycles. The molecule has 0 amide bonds. The molecular weight excluding hydrogens is 204 g/mol. The number of carboxylic acid groups (broad SMARTS) is 1. The van der Waals surface area contributed by atoms with Gasteiger partial charge >= 0.3 is 5.97 Å². The Balaban J connectivity index is 2.34. The fraction of sp³-hybridized carbons (Fsp3) is 0.917. The van der Waals surface area contributed by atoms with Crippen LogP contribution in [0.2, 0.25) is 0 Å². The Bertz CT molecular complexity index is 223. The molecule has 0 aromatic carbocycles. The summed E-state index contributed by atoms with van der Waals surface area (Å²) < 4.78 is 0. The molecule has 1 heterocycles. The van der Waals surface area contributed by atoms with Gasteiger partial charge in [0.05, 0.1) is 0 Å². The predicted molar refractivity (Wildman–Crippen MR) is 64.5 cm³/mol. The lowest BCUT2D eigenvalue weighted by Gasteiger charge is -2.34. The van der Waals surface area contributed by atoms with Crippen molar-refractivity contribution >= 4 is 5.97 Å². The highest BCUT2D eigenvalue weighted by atomic mass is 16.4. The summed E-state index contributed by atoms with van der Waals surface area (Å²) >= 11 is 0. The zero-order valence-electron chi connectivity index (χ0n) is 10.6. The maximum Gasteiger partial charge on any atom is 0.322 e. The van der Waals surface area contributed by atoms with Crippen molar-refractivity contribution in [1.82, 2.24) is 10.2 Å². The number of hydrogen-bond acceptors (Lipinski definition) is 3. The summed E-state index contributed by atoms with van der Waals surface area (Å²) in [6.45, 7) is 7.24. The molecule has 1 aliphatic heterocycles. The van der Waals surface area contributed by atoms with Crippen LogP contribution in [0.5, 0.6) is 0 Å². The molecule has 16 heavy (non-hydrogen) atoms. The van der Waals surface area contributed by atoms with Crippen molar-refractivity contribution in [3.63, 3.8) is 0 Å². The number of likely N-dealkylation sites (tertiary alicyclic amines) is 1. The molecule has 0 bridgehead atoms. The van der Waals surface area contributed by atoms with Gasteiger partial charge in [0.25, 0.3) is 0 Å². The van der Waals surface area contributed by atoms with Crippen molar-refractivity contribution in [3.05, 3.63) is 0 Å². The molecule has 0 spiro atoms. The van der Waals surface area contributed by atoms with Crippen LogP contribution in [0.4, 0.5) is 0 Å². The summed E-state index contributed by atoms with van der Waals surface area (Å²) in [7, 11) is 1.71. The summed E-state index contributed by atoms with van der Waals surface area (Å²) in [4.78, 5) is 13.1. The first-order chi connectivity index (χ1) is 7.54. The Morgan fingerprint density at radius 2 is 2.00 bits per heavy atom. The predicted octanol–water partition coefficient (Wildman–Crippen LogP) is 1.03. The van der Waals surface area contributed by atoms with Crippen LogP contribution >= 0.6 is 0 Å². The SMILES string of the molecule is CNC(CN1CCC(C(C)C)CC1)C(=O)O. The zero-order chi connectivity index (χ0) is 12.1. The first-order valence-electron chi connectivity index (χ1n) is 6.17. The monoisotopic (exact) mass is 228 g/mol. The smallest absolute Gasteiger partial charge is 0.322 e. The normalized spacial score (nSPS) is 21.2. The quantitative estimate of drug-likeness (QED) is 0.738. The first-order valence-corrected chi connectivity index (χ1v) is 6.17. The van der Waals surface area contributed by atoms with E-state index in [9.17, 15) is 4.79 Å². The molecule has 0 aliphatic carbocycles. The Hall–Kier alpha value is -0.610. The fourth-order valence-electron chi connectivity index (χ4n) is 2.35. The molecule has 4 nitrogen and oxygen atoms in total. The Morgan fingerprint density at radius 3 is 2.38 bits per heavy atom. The summed E-state index contributed by atoms with van der Waals surface area (Å²) in [5.41, 5.74) is 0. The molecule has 0 saturated carbocycles. The Labute approximate surface area is 98.0 Å². The number of carbonyl (C=O) groups is 1. The van der Waals surface area contributed by atoms with E-state index < -0.39 is 12.0 Å². The van der Waals surface area contributed by atoms with Crippen LogP contribution in [0.25, 0.3) is 0 Å². The molecule has 2 N–H and O–H groups in total. The van der Waals surface area contributed by atoms with Gasteiger partial charge in [-0.1, -0.05) is 13.8 Å². The van der Waals surface area contributed by atoms with Crippen LogP contribution in [0.3, 0.4) is 0 Å². The number of likely N-dealkylation sites (N-methyl/N-ethyl adjacent to an activating group) is 1. The largest absolute Gasteiger partial charge is 0.480 e. The molecular formula is C12H24N2O2. The second-order valence-electron chi connectivity index (χ2n) is 5.06. The molecule has 0 radical (unpaired) electrons. The number of nitrogens with one attached hydrogen (secondary N) is 1. The molecule has 1 aliphatic rings. The molecule has 1 fully saturated rings. The van der Waals surface area contributed by atoms with Crippen LogP contribution < -0.4 is 5.32 Å². The molecule has 1 unspecified atom stereocenters. The summed E-state index contributed by atoms with van der Waals surface area (Å²) in [5, 5.41) is 11.8. The topological polar surface area (TPSA) is 52.6 Å². The average molecular weight is 228 g/mol. The van der Waals surface area contributed by atoms with Gasteiger partial charge in [0.15, 0.2) is 0 Å². The van der Waals surface area contributed by atoms with Gasteiger partial charge in [-0.2, -0.15) is 0 Å². The van der Waals surface area contributed by atoms with Crippen LogP contribution in [0.1, 0.15) is 26.7 Å². The van der Waals surface area contributed by atoms with Crippen molar-refractivity contribution in [2.24, 2.45) is 11.8 Å². The average Bonchev–Trinajstić information content (AvgIpc) is 2.26. The van der Waals surface area contributed by atoms with E-state index in [1.807, 2.05) is 0 Å². The number of hydrogen-bond donors (Lipinski definition) is 2. The molecule has 0 aromatic heterocycles. The van der Waals surface area contributed by atoms with Crippen molar-refractivity contribution in [2.45, 2.75) is 32.7 Å². The molecule has 0 aromatic rings. The van der Waals surface area contributed by atoms with Gasteiger partial charge in [-0.25, -0.2) is 0 Å². The highest BCUT2D eigenvalue weighted by Gasteiger charge is 2.25. The fourth-order valence-corrected chi connectivity index (χ4v) is 2.35. The van der Waals surface area contributed by atoms with E-state index in [1.54, 1.807) is 7.05 Å². The van der Waals surface area contributed by atoms with Gasteiger partial charge in [-0.3, -0.25) is 4.79 Å². The third kappa shape index (κ3) is 3.76. The van der Waals surface area contributed by atoms with Gasteiger partial charge in [0, 0.05) is 6.54 Å². The first kappa shape index (κ1) is 13.5. The van der Waals surface area contributed by atoms with E-state index in [4.69, 9.17) is 5.11 Å². The zero-order valence-corrected chi connectivity index (χ0v) is 10.6. The summed E-state index contributed by atoms with van der Waals surface area (Å²) in [5.74, 6) is 0.810. The molecule has 94 valence electrons. The maximum absolute atomic E-state index is 10.9.